The van der Waals surface area contributed by atoms with Crippen LogP contribution in [0.3, 0.4) is 0 Å². The molecule has 0 saturated carbocycles. The molecule has 0 radical (unpaired) electrons. The Bertz CT molecular complexity index is 424. The molecule has 1 aromatic carbocycles. The van der Waals surface area contributed by atoms with Crippen molar-refractivity contribution in [1.82, 2.24) is 9.97 Å². The number of aromatic amines is 1. The lowest BCUT2D eigenvalue weighted by atomic mass is 10.1. The zero-order valence-electron chi connectivity index (χ0n) is 7.30. The summed E-state index contributed by atoms with van der Waals surface area (Å²) in [4.78, 5) is 6.79. The van der Waals surface area contributed by atoms with E-state index in [1.165, 1.54) is 12.1 Å². The van der Waals surface area contributed by atoms with Crippen molar-refractivity contribution in [3.8, 4) is 11.4 Å². The standard InChI is InChI=1S/C10H8F2N2/c11-6-7-3-8(5-9(12)4-7)10-13-1-2-14-10/h1-5H,6H2,(H,13,14). The maximum Gasteiger partial charge on any atom is 0.137 e. The van der Waals surface area contributed by atoms with E-state index in [1.807, 2.05) is 0 Å². The molecule has 4 heteroatoms. The number of nitrogens with one attached hydrogen (secondary N) is 1. The van der Waals surface area contributed by atoms with E-state index in [4.69, 9.17) is 0 Å². The summed E-state index contributed by atoms with van der Waals surface area (Å²) in [5, 5.41) is 0. The van der Waals surface area contributed by atoms with Crippen LogP contribution in [0.25, 0.3) is 11.4 Å². The van der Waals surface area contributed by atoms with E-state index in [0.717, 1.165) is 0 Å². The predicted molar refractivity (Wildman–Crippen MR) is 48.8 cm³/mol. The van der Waals surface area contributed by atoms with Crippen LogP contribution in [0, 0.1) is 5.82 Å². The van der Waals surface area contributed by atoms with Gasteiger partial charge in [0.15, 0.2) is 0 Å². The fraction of sp³-hybridized carbons (Fsp3) is 0.100. The normalized spacial score (nSPS) is 10.4. The van der Waals surface area contributed by atoms with Gasteiger partial charge in [-0.3, -0.25) is 0 Å². The van der Waals surface area contributed by atoms with Gasteiger partial charge in [-0.2, -0.15) is 0 Å². The number of rotatable bonds is 2. The second-order valence-corrected chi connectivity index (χ2v) is 2.92. The number of halogens is 2. The molecule has 0 fully saturated rings. The summed E-state index contributed by atoms with van der Waals surface area (Å²) in [5.41, 5.74) is 0.874. The van der Waals surface area contributed by atoms with E-state index in [-0.39, 0.29) is 0 Å². The van der Waals surface area contributed by atoms with Crippen LogP contribution < -0.4 is 0 Å². The lowest BCUT2D eigenvalue weighted by molar-refractivity contribution is 0.482. The molecular formula is C10H8F2N2. The average Bonchev–Trinajstić information content (AvgIpc) is 2.69. The molecule has 14 heavy (non-hydrogen) atoms. The molecule has 0 aliphatic heterocycles. The van der Waals surface area contributed by atoms with Crippen LogP contribution in [-0.4, -0.2) is 9.97 Å². The van der Waals surface area contributed by atoms with Crippen molar-refractivity contribution in [2.45, 2.75) is 6.67 Å². The molecule has 2 rings (SSSR count). The summed E-state index contributed by atoms with van der Waals surface area (Å²) in [6.45, 7) is -0.675. The lowest BCUT2D eigenvalue weighted by Crippen LogP contribution is -1.87. The first-order valence-electron chi connectivity index (χ1n) is 4.15. The first-order valence-corrected chi connectivity index (χ1v) is 4.15. The minimum atomic E-state index is -0.675. The summed E-state index contributed by atoms with van der Waals surface area (Å²) in [5.74, 6) is 0.0887. The third kappa shape index (κ3) is 1.64. The summed E-state index contributed by atoms with van der Waals surface area (Å²) >= 11 is 0. The van der Waals surface area contributed by atoms with E-state index in [1.54, 1.807) is 18.5 Å². The molecule has 0 unspecified atom stereocenters. The summed E-state index contributed by atoms with van der Waals surface area (Å²) in [6, 6.07) is 4.06. The Morgan fingerprint density at radius 1 is 1.29 bits per heavy atom. The zero-order valence-corrected chi connectivity index (χ0v) is 7.30. The van der Waals surface area contributed by atoms with Gasteiger partial charge in [-0.1, -0.05) is 0 Å². The highest BCUT2D eigenvalue weighted by Gasteiger charge is 2.04. The molecule has 72 valence electrons. The van der Waals surface area contributed by atoms with E-state index >= 15 is 0 Å². The minimum Gasteiger partial charge on any atom is -0.345 e. The molecular weight excluding hydrogens is 186 g/mol. The van der Waals surface area contributed by atoms with E-state index < -0.39 is 12.5 Å². The van der Waals surface area contributed by atoms with Gasteiger partial charge in [-0.15, -0.1) is 0 Å². The van der Waals surface area contributed by atoms with E-state index in [9.17, 15) is 8.78 Å². The molecule has 0 bridgehead atoms. The quantitative estimate of drug-likeness (QED) is 0.782. The van der Waals surface area contributed by atoms with Crippen molar-refractivity contribution in [3.05, 3.63) is 42.0 Å². The van der Waals surface area contributed by atoms with Crippen LogP contribution in [0.5, 0.6) is 0 Å². The highest BCUT2D eigenvalue weighted by atomic mass is 19.1. The Morgan fingerprint density at radius 2 is 2.14 bits per heavy atom. The van der Waals surface area contributed by atoms with Crippen molar-refractivity contribution >= 4 is 0 Å². The van der Waals surface area contributed by atoms with Gasteiger partial charge in [0, 0.05) is 18.0 Å². The summed E-state index contributed by atoms with van der Waals surface area (Å²) in [7, 11) is 0. The Hall–Kier alpha value is -1.71. The summed E-state index contributed by atoms with van der Waals surface area (Å²) < 4.78 is 25.3. The van der Waals surface area contributed by atoms with Gasteiger partial charge >= 0.3 is 0 Å². The molecule has 2 nitrogen and oxygen atoms in total. The fourth-order valence-corrected chi connectivity index (χ4v) is 1.29. The van der Waals surface area contributed by atoms with Gasteiger partial charge in [0.25, 0.3) is 0 Å². The second-order valence-electron chi connectivity index (χ2n) is 2.92. The molecule has 2 aromatic rings. The maximum absolute atomic E-state index is 13.0. The second kappa shape index (κ2) is 3.57. The van der Waals surface area contributed by atoms with Crippen molar-refractivity contribution in [1.29, 1.82) is 0 Å². The minimum absolute atomic E-state index is 0.316. The maximum atomic E-state index is 13.0. The monoisotopic (exact) mass is 194 g/mol. The molecule has 1 heterocycles. The number of alkyl halides is 1. The molecule has 0 saturated heterocycles. The van der Waals surface area contributed by atoms with Crippen LogP contribution in [0.15, 0.2) is 30.6 Å². The third-order valence-electron chi connectivity index (χ3n) is 1.88. The number of hydrogen-bond donors (Lipinski definition) is 1. The Balaban J connectivity index is 2.48. The van der Waals surface area contributed by atoms with Crippen molar-refractivity contribution in [2.24, 2.45) is 0 Å². The van der Waals surface area contributed by atoms with Gasteiger partial charge in [0.2, 0.25) is 0 Å². The van der Waals surface area contributed by atoms with Crippen molar-refractivity contribution < 1.29 is 8.78 Å². The highest BCUT2D eigenvalue weighted by Crippen LogP contribution is 2.18. The SMILES string of the molecule is FCc1cc(F)cc(-c2ncc[nH]2)c1. The molecule has 0 aliphatic rings. The van der Waals surface area contributed by atoms with Crippen molar-refractivity contribution in [3.63, 3.8) is 0 Å². The van der Waals surface area contributed by atoms with E-state index in [0.29, 0.717) is 17.0 Å². The zero-order chi connectivity index (χ0) is 9.97. The number of H-pyrrole nitrogens is 1. The van der Waals surface area contributed by atoms with Gasteiger partial charge in [-0.25, -0.2) is 13.8 Å². The molecule has 1 N–H and O–H groups in total. The largest absolute Gasteiger partial charge is 0.345 e. The van der Waals surface area contributed by atoms with Crippen LogP contribution in [0.2, 0.25) is 0 Å². The van der Waals surface area contributed by atoms with Crippen LogP contribution in [-0.2, 0) is 6.67 Å². The molecule has 0 atom stereocenters. The molecule has 0 spiro atoms. The predicted octanol–water partition coefficient (Wildman–Crippen LogP) is 2.69. The van der Waals surface area contributed by atoms with Crippen LogP contribution in [0.1, 0.15) is 5.56 Å². The first kappa shape index (κ1) is 8.87. The number of aromatic nitrogens is 2. The van der Waals surface area contributed by atoms with Crippen LogP contribution in [0.4, 0.5) is 8.78 Å². The highest BCUT2D eigenvalue weighted by molar-refractivity contribution is 5.56. The van der Waals surface area contributed by atoms with Gasteiger partial charge in [-0.05, 0) is 23.8 Å². The molecule has 0 aliphatic carbocycles. The number of hydrogen-bond acceptors (Lipinski definition) is 1. The topological polar surface area (TPSA) is 28.7 Å². The summed E-state index contributed by atoms with van der Waals surface area (Å²) in [6.07, 6.45) is 3.20. The first-order chi connectivity index (χ1) is 6.79. The van der Waals surface area contributed by atoms with Crippen molar-refractivity contribution in [2.75, 3.05) is 0 Å². The number of imidazole rings is 1. The van der Waals surface area contributed by atoms with E-state index in [2.05, 4.69) is 9.97 Å². The molecule has 1 aromatic heterocycles. The van der Waals surface area contributed by atoms with Gasteiger partial charge < -0.3 is 4.98 Å². The lowest BCUT2D eigenvalue weighted by Gasteiger charge is -2.00. The Kier molecular flexibility index (Phi) is 2.26. The van der Waals surface area contributed by atoms with Crippen LogP contribution >= 0.6 is 0 Å². The Labute approximate surface area is 79.6 Å². The van der Waals surface area contributed by atoms with Gasteiger partial charge in [0.1, 0.15) is 18.3 Å². The van der Waals surface area contributed by atoms with Gasteiger partial charge in [0.05, 0.1) is 0 Å². The Morgan fingerprint density at radius 3 is 2.79 bits per heavy atom. The smallest absolute Gasteiger partial charge is 0.137 e. The molecule has 0 amide bonds. The average molecular weight is 194 g/mol. The fourth-order valence-electron chi connectivity index (χ4n) is 1.29. The number of benzene rings is 1. The number of nitrogens with zero attached hydrogens (tertiary/aromatic N) is 1. The third-order valence-corrected chi connectivity index (χ3v) is 1.88.